The fourth-order valence-corrected chi connectivity index (χ4v) is 15.1. The van der Waals surface area contributed by atoms with Crippen LogP contribution in [0.15, 0.2) is 83.1 Å². The molecule has 2 spiro atoms. The van der Waals surface area contributed by atoms with Crippen molar-refractivity contribution in [1.82, 2.24) is 0 Å². The number of hydrogen-bond donors (Lipinski definition) is 4. The van der Waals surface area contributed by atoms with E-state index in [4.69, 9.17) is 37.9 Å². The van der Waals surface area contributed by atoms with E-state index in [1.165, 1.54) is 14.2 Å². The van der Waals surface area contributed by atoms with Gasteiger partial charge in [-0.05, 0) is 89.2 Å². The maximum atomic E-state index is 13.1. The van der Waals surface area contributed by atoms with Crippen molar-refractivity contribution in [3.63, 3.8) is 0 Å². The molecule has 426 valence electrons. The first kappa shape index (κ1) is 60.1. The van der Waals surface area contributed by atoms with E-state index in [1.807, 2.05) is 78.0 Å². The summed E-state index contributed by atoms with van der Waals surface area (Å²) in [6, 6.07) is 0. The van der Waals surface area contributed by atoms with Crippen LogP contribution in [0.2, 0.25) is 0 Å². The minimum absolute atomic E-state index is 0. The fraction of sp³-hybridized carbons (Fsp3) is 0.678. The van der Waals surface area contributed by atoms with Gasteiger partial charge in [0.05, 0.1) is 36.1 Å². The largest absolute Gasteiger partial charge is 0.457 e. The number of allylic oxidation sites excluding steroid dienone is 6. The molecule has 5 fully saturated rings. The summed E-state index contributed by atoms with van der Waals surface area (Å²) in [6.07, 6.45) is 14.1. The van der Waals surface area contributed by atoms with Crippen molar-refractivity contribution < 1.29 is 99.3 Å². The molecule has 6 aliphatic carbocycles. The van der Waals surface area contributed by atoms with E-state index < -0.39 is 90.3 Å². The molecule has 10 aliphatic rings. The van der Waals surface area contributed by atoms with Gasteiger partial charge in [0.25, 0.3) is 0 Å². The zero-order chi connectivity index (χ0) is 53.3. The monoisotopic (exact) mass is 1150 g/mol. The number of methoxy groups -OCH3 is 2. The Morgan fingerprint density at radius 1 is 0.697 bits per heavy atom. The number of carbonyl (C=O) groups is 4. The molecule has 0 aromatic heterocycles. The van der Waals surface area contributed by atoms with Crippen molar-refractivity contribution in [2.24, 2.45) is 59.2 Å². The van der Waals surface area contributed by atoms with Gasteiger partial charge in [0.15, 0.2) is 12.2 Å². The summed E-state index contributed by atoms with van der Waals surface area (Å²) in [5.74, 6) is -4.01. The molecule has 17 heteroatoms. The molecule has 16 nitrogen and oxygen atoms in total. The molecule has 76 heavy (non-hydrogen) atoms. The summed E-state index contributed by atoms with van der Waals surface area (Å²) in [6.45, 7) is 14.9. The van der Waals surface area contributed by atoms with Crippen molar-refractivity contribution in [2.45, 2.75) is 178 Å². The Labute approximate surface area is 463 Å². The second-order valence-corrected chi connectivity index (χ2v) is 23.0. The molecule has 10 rings (SSSR count). The van der Waals surface area contributed by atoms with Crippen LogP contribution in [0.4, 0.5) is 0 Å². The fourth-order valence-electron chi connectivity index (χ4n) is 15.1. The van der Waals surface area contributed by atoms with Crippen LogP contribution in [0.25, 0.3) is 0 Å². The number of aliphatic hydroxyl groups excluding tert-OH is 4. The summed E-state index contributed by atoms with van der Waals surface area (Å²) in [5, 5.41) is 44.3. The van der Waals surface area contributed by atoms with Gasteiger partial charge in [-0.2, -0.15) is 0 Å². The number of ether oxygens (including phenoxy) is 8. The third-order valence-electron chi connectivity index (χ3n) is 18.8. The van der Waals surface area contributed by atoms with E-state index in [-0.39, 0.29) is 113 Å². The van der Waals surface area contributed by atoms with Crippen LogP contribution >= 0.6 is 0 Å². The van der Waals surface area contributed by atoms with Crippen molar-refractivity contribution in [2.75, 3.05) is 14.2 Å². The molecule has 4 N–H and O–H groups in total. The first-order chi connectivity index (χ1) is 35.2. The molecule has 0 aromatic carbocycles. The summed E-state index contributed by atoms with van der Waals surface area (Å²) >= 11 is 0. The van der Waals surface area contributed by atoms with Gasteiger partial charge in [0.1, 0.15) is 36.1 Å². The van der Waals surface area contributed by atoms with E-state index in [0.717, 1.165) is 24.0 Å². The van der Waals surface area contributed by atoms with Crippen LogP contribution < -0.4 is 0 Å². The van der Waals surface area contributed by atoms with Crippen molar-refractivity contribution in [3.8, 4) is 0 Å². The minimum atomic E-state index is -0.918. The summed E-state index contributed by atoms with van der Waals surface area (Å²) in [7, 11) is 2.96. The van der Waals surface area contributed by atoms with Gasteiger partial charge in [-0.1, -0.05) is 88.5 Å². The third kappa shape index (κ3) is 10.2. The topological polar surface area (TPSA) is 223 Å². The van der Waals surface area contributed by atoms with Gasteiger partial charge in [-0.25, -0.2) is 19.2 Å². The Morgan fingerprint density at radius 2 is 1.17 bits per heavy atom. The molecular formula is C59H83O16Pd-. The van der Waals surface area contributed by atoms with Crippen LogP contribution in [0, 0.1) is 66.6 Å². The predicted molar refractivity (Wildman–Crippen MR) is 277 cm³/mol. The Morgan fingerprint density at radius 3 is 1.66 bits per heavy atom. The average Bonchev–Trinajstić information content (AvgIpc) is 4.17. The maximum Gasteiger partial charge on any atom is 0.335 e. The van der Waals surface area contributed by atoms with Crippen LogP contribution in [-0.2, 0) is 77.5 Å². The van der Waals surface area contributed by atoms with Gasteiger partial charge in [0.2, 0.25) is 0 Å². The quantitative estimate of drug-likeness (QED) is 0.0698. The standard InChI is InChI=1S/C29H40O8.C29H38O8.CH3.Pd.H2/c2*1-14-12-15(2)29-19(13-21(34-5)28(33)35-24(14)17(4)30)10-11-20-22(29)23(31)16(3)25(26(20)37-29)36-27(32)18-8-6-7-9-18;;;/h6-8,12,14,16-17,19-26,30-31H,9-11,13H2,1-5H3;6-8,10-12,14,16-17,19-26,30-31H,9,13H2,1-5H3;1H3;;1H/q;;-1;;/b2*15-12+;;;/t2*14-,16-,17-,19-,20-,21+,22+,23-,24+,25-,26-,29+;;;/m11.../s1. The average molecular weight is 1150 g/mol. The summed E-state index contributed by atoms with van der Waals surface area (Å²) < 4.78 is 48.7. The van der Waals surface area contributed by atoms with E-state index in [1.54, 1.807) is 26.0 Å². The number of cyclic esters (lactones) is 2. The first-order valence-electron chi connectivity index (χ1n) is 26.9. The maximum absolute atomic E-state index is 13.1. The molecule has 0 aromatic rings. The van der Waals surface area contributed by atoms with Gasteiger partial charge in [-0.15, -0.1) is 0 Å². The second kappa shape index (κ2) is 23.6. The number of carbonyl (C=O) groups excluding carboxylic acids is 4. The van der Waals surface area contributed by atoms with Crippen LogP contribution in [0.5, 0.6) is 0 Å². The number of esters is 4. The molecule has 4 heterocycles. The van der Waals surface area contributed by atoms with E-state index in [9.17, 15) is 39.6 Å². The van der Waals surface area contributed by atoms with Crippen molar-refractivity contribution in [3.05, 3.63) is 90.5 Å². The zero-order valence-electron chi connectivity index (χ0n) is 45.7. The number of rotatable bonds is 8. The number of aliphatic hydroxyl groups is 4. The smallest absolute Gasteiger partial charge is 0.335 e. The Bertz CT molecular complexity index is 2410. The molecule has 2 saturated heterocycles. The molecule has 0 unspecified atom stereocenters. The van der Waals surface area contributed by atoms with E-state index in [0.29, 0.717) is 30.4 Å². The third-order valence-corrected chi connectivity index (χ3v) is 18.8. The van der Waals surface area contributed by atoms with Crippen LogP contribution in [0.3, 0.4) is 0 Å². The molecule has 3 saturated carbocycles. The van der Waals surface area contributed by atoms with Gasteiger partial charge in [0, 0.05) is 94.6 Å². The Hall–Kier alpha value is -3.60. The Kier molecular flexibility index (Phi) is 18.7. The predicted octanol–water partition coefficient (Wildman–Crippen LogP) is 6.21. The summed E-state index contributed by atoms with van der Waals surface area (Å²) in [5.41, 5.74) is 1.31. The van der Waals surface area contributed by atoms with Crippen molar-refractivity contribution >= 4 is 23.9 Å². The van der Waals surface area contributed by atoms with E-state index in [2.05, 4.69) is 12.2 Å². The molecule has 24 atom stereocenters. The molecule has 0 radical (unpaired) electrons. The van der Waals surface area contributed by atoms with E-state index >= 15 is 0 Å². The van der Waals surface area contributed by atoms with Crippen LogP contribution in [-0.4, -0.2) is 143 Å². The SMILES string of the molecule is CO[C@H]1C[C@H]2C=C[C@H]3[C@H]4O[C@]2(/C(C)=C/[C@@H](C)[C@@H]([C@@H](C)O)OC1=O)[C@@H]3[C@H](O)[C@@H](C)[C@H]4OC(=O)C1=CC=CC1.CO[C@H]1C[C@H]2CC[C@H]3[C@H]4O[C@]2(/C(C)=C/[C@@H](C)[C@@H]([C@@H](C)O)OC1=O)[C@@H]3[C@H](O)[C@@H](C)[C@H]4OC(=O)C1=CC=CC1.[CH3-].[HH].[Pd]. The van der Waals surface area contributed by atoms with Gasteiger partial charge in [-0.3, -0.25) is 0 Å². The summed E-state index contributed by atoms with van der Waals surface area (Å²) in [4.78, 5) is 52.0. The molecule has 8 bridgehead atoms. The minimum Gasteiger partial charge on any atom is -0.457 e. The zero-order valence-corrected chi connectivity index (χ0v) is 47.3. The van der Waals surface area contributed by atoms with Crippen LogP contribution in [0.1, 0.15) is 95.3 Å². The Balaban J connectivity index is 0.000000240. The van der Waals surface area contributed by atoms with Gasteiger partial charge >= 0.3 is 23.9 Å². The molecule has 4 aliphatic heterocycles. The number of hydrogen-bond acceptors (Lipinski definition) is 16. The van der Waals surface area contributed by atoms with Gasteiger partial charge < -0.3 is 65.7 Å². The normalized spacial score (nSPS) is 45.8. The second-order valence-electron chi connectivity index (χ2n) is 23.0. The molecule has 0 amide bonds. The van der Waals surface area contributed by atoms with Crippen molar-refractivity contribution in [1.29, 1.82) is 0 Å². The first-order valence-corrected chi connectivity index (χ1v) is 26.9. The molecular weight excluding hydrogens is 1070 g/mol.